The third kappa shape index (κ3) is 6.97. The van der Waals surface area contributed by atoms with Gasteiger partial charge in [-0.15, -0.1) is 17.9 Å². The van der Waals surface area contributed by atoms with Gasteiger partial charge in [-0.1, -0.05) is 6.08 Å². The fourth-order valence-electron chi connectivity index (χ4n) is 2.76. The summed E-state index contributed by atoms with van der Waals surface area (Å²) in [5.74, 6) is 0.588. The maximum Gasteiger partial charge on any atom is 0.243 e. The van der Waals surface area contributed by atoms with Crippen LogP contribution in [0.5, 0.6) is 0 Å². The number of hydrogen-bond acceptors (Lipinski definition) is 5. The van der Waals surface area contributed by atoms with Gasteiger partial charge in [0, 0.05) is 50.0 Å². The molecule has 0 aromatic carbocycles. The summed E-state index contributed by atoms with van der Waals surface area (Å²) >= 11 is 1.82. The maximum absolute atomic E-state index is 11.9. The zero-order valence-electron chi connectivity index (χ0n) is 16.5. The number of guanidine groups is 1. The van der Waals surface area contributed by atoms with E-state index >= 15 is 0 Å². The van der Waals surface area contributed by atoms with E-state index in [1.807, 2.05) is 11.3 Å². The second kappa shape index (κ2) is 11.1. The van der Waals surface area contributed by atoms with Gasteiger partial charge in [0.25, 0.3) is 0 Å². The van der Waals surface area contributed by atoms with Crippen LogP contribution in [0, 0.1) is 6.92 Å². The molecule has 1 unspecified atom stereocenters. The smallest absolute Gasteiger partial charge is 0.243 e. The van der Waals surface area contributed by atoms with Gasteiger partial charge in [0.1, 0.15) is 6.54 Å². The number of aryl methyl sites for hydroxylation is 1. The molecule has 0 bridgehead atoms. The molecular weight excluding hydrogens is 362 g/mol. The topological polar surface area (TPSA) is 69.2 Å². The Morgan fingerprint density at radius 1 is 1.41 bits per heavy atom. The Labute approximate surface area is 166 Å². The van der Waals surface area contributed by atoms with E-state index in [0.717, 1.165) is 26.3 Å². The number of aliphatic imine (C=N–C) groups is 1. The molecule has 2 heterocycles. The van der Waals surface area contributed by atoms with Crippen LogP contribution in [0.15, 0.2) is 29.8 Å². The van der Waals surface area contributed by atoms with E-state index in [4.69, 9.17) is 4.74 Å². The van der Waals surface area contributed by atoms with Crippen molar-refractivity contribution in [2.24, 2.45) is 4.99 Å². The normalized spacial score (nSPS) is 16.6. The van der Waals surface area contributed by atoms with Crippen molar-refractivity contribution in [2.75, 3.05) is 60.0 Å². The van der Waals surface area contributed by atoms with Gasteiger partial charge in [-0.25, -0.2) is 4.99 Å². The van der Waals surface area contributed by atoms with Gasteiger partial charge in [-0.05, 0) is 19.1 Å². The number of amides is 1. The Balaban J connectivity index is 2.07. The van der Waals surface area contributed by atoms with Crippen LogP contribution < -0.4 is 10.6 Å². The second-order valence-corrected chi connectivity index (χ2v) is 7.94. The molecule has 0 radical (unpaired) electrons. The molecule has 1 aromatic rings. The number of carbonyl (C=O) groups excluding carboxylic acids is 1. The summed E-state index contributed by atoms with van der Waals surface area (Å²) in [7, 11) is 3.46. The predicted octanol–water partition coefficient (Wildman–Crippen LogP) is 1.24. The van der Waals surface area contributed by atoms with Crippen molar-refractivity contribution in [3.8, 4) is 0 Å². The number of likely N-dealkylation sites (N-methyl/N-ethyl adjacent to an activating group) is 1. The minimum Gasteiger partial charge on any atom is -0.379 e. The molecule has 0 saturated carbocycles. The first-order chi connectivity index (χ1) is 13.0. The van der Waals surface area contributed by atoms with E-state index in [1.165, 1.54) is 9.75 Å². The minimum atomic E-state index is -0.0340. The van der Waals surface area contributed by atoms with Gasteiger partial charge in [-0.2, -0.15) is 0 Å². The number of rotatable bonds is 8. The van der Waals surface area contributed by atoms with Crippen LogP contribution in [0.2, 0.25) is 0 Å². The van der Waals surface area contributed by atoms with E-state index < -0.39 is 0 Å². The van der Waals surface area contributed by atoms with E-state index in [0.29, 0.717) is 19.0 Å². The van der Waals surface area contributed by atoms with Crippen molar-refractivity contribution < 1.29 is 9.53 Å². The van der Waals surface area contributed by atoms with Gasteiger partial charge < -0.3 is 20.3 Å². The Hall–Kier alpha value is -1.90. The van der Waals surface area contributed by atoms with Crippen LogP contribution in [0.3, 0.4) is 0 Å². The fourth-order valence-corrected chi connectivity index (χ4v) is 3.77. The summed E-state index contributed by atoms with van der Waals surface area (Å²) in [6, 6.07) is 4.60. The van der Waals surface area contributed by atoms with E-state index in [-0.39, 0.29) is 18.5 Å². The second-order valence-electron chi connectivity index (χ2n) is 6.62. The van der Waals surface area contributed by atoms with E-state index in [9.17, 15) is 4.79 Å². The molecular formula is C19H31N5O2S. The number of carbonyl (C=O) groups is 1. The van der Waals surface area contributed by atoms with Crippen molar-refractivity contribution in [3.05, 3.63) is 34.5 Å². The summed E-state index contributed by atoms with van der Waals surface area (Å²) in [6.45, 7) is 10.6. The number of ether oxygens (including phenoxy) is 1. The molecule has 7 nitrogen and oxygen atoms in total. The van der Waals surface area contributed by atoms with E-state index in [1.54, 1.807) is 25.1 Å². The predicted molar refractivity (Wildman–Crippen MR) is 111 cm³/mol. The lowest BCUT2D eigenvalue weighted by atomic mass is 10.2. The number of thiophene rings is 1. The van der Waals surface area contributed by atoms with E-state index in [2.05, 4.69) is 46.2 Å². The zero-order chi connectivity index (χ0) is 19.6. The maximum atomic E-state index is 11.9. The molecule has 0 aliphatic carbocycles. The third-order valence-electron chi connectivity index (χ3n) is 4.32. The average molecular weight is 394 g/mol. The quantitative estimate of drug-likeness (QED) is 0.395. The van der Waals surface area contributed by atoms with Crippen LogP contribution in [-0.2, 0) is 9.53 Å². The number of nitrogens with one attached hydrogen (secondary N) is 2. The number of morpholine rings is 1. The number of hydrogen-bond donors (Lipinski definition) is 2. The molecule has 1 atom stereocenters. The van der Waals surface area contributed by atoms with Crippen LogP contribution in [0.25, 0.3) is 0 Å². The molecule has 2 rings (SSSR count). The van der Waals surface area contributed by atoms with Crippen LogP contribution in [0.1, 0.15) is 15.8 Å². The van der Waals surface area contributed by atoms with Crippen LogP contribution >= 0.6 is 11.3 Å². The minimum absolute atomic E-state index is 0.0340. The molecule has 150 valence electrons. The van der Waals surface area contributed by atoms with Gasteiger partial charge in [0.05, 0.1) is 19.3 Å². The fraction of sp³-hybridized carbons (Fsp3) is 0.579. The Kier molecular flexibility index (Phi) is 8.77. The summed E-state index contributed by atoms with van der Waals surface area (Å²) < 4.78 is 5.51. The molecule has 27 heavy (non-hydrogen) atoms. The molecule has 0 spiro atoms. The monoisotopic (exact) mass is 393 g/mol. The van der Waals surface area contributed by atoms with Gasteiger partial charge >= 0.3 is 0 Å². The lowest BCUT2D eigenvalue weighted by molar-refractivity contribution is -0.127. The summed E-state index contributed by atoms with van der Waals surface area (Å²) in [4.78, 5) is 22.9. The Bertz CT molecular complexity index is 638. The van der Waals surface area contributed by atoms with Crippen LogP contribution in [0.4, 0.5) is 0 Å². The first-order valence-corrected chi connectivity index (χ1v) is 10.0. The molecule has 1 amide bonds. The van der Waals surface area contributed by atoms with Crippen molar-refractivity contribution in [2.45, 2.75) is 13.0 Å². The first kappa shape index (κ1) is 21.4. The molecule has 1 saturated heterocycles. The Morgan fingerprint density at radius 2 is 2.15 bits per heavy atom. The highest BCUT2D eigenvalue weighted by molar-refractivity contribution is 7.12. The van der Waals surface area contributed by atoms with Crippen molar-refractivity contribution in [1.29, 1.82) is 0 Å². The van der Waals surface area contributed by atoms with Crippen molar-refractivity contribution >= 4 is 23.2 Å². The molecule has 1 fully saturated rings. The average Bonchev–Trinajstić information content (AvgIpc) is 3.10. The molecule has 8 heteroatoms. The van der Waals surface area contributed by atoms with Gasteiger partial charge in [0.15, 0.2) is 5.96 Å². The summed E-state index contributed by atoms with van der Waals surface area (Å²) in [6.07, 6.45) is 1.77. The first-order valence-electron chi connectivity index (χ1n) is 9.22. The van der Waals surface area contributed by atoms with Gasteiger partial charge in [0.2, 0.25) is 5.91 Å². The summed E-state index contributed by atoms with van der Waals surface area (Å²) in [5, 5.41) is 6.59. The highest BCUT2D eigenvalue weighted by Crippen LogP contribution is 2.27. The highest BCUT2D eigenvalue weighted by atomic mass is 32.1. The summed E-state index contributed by atoms with van der Waals surface area (Å²) in [5.41, 5.74) is 0. The van der Waals surface area contributed by atoms with Gasteiger partial charge in [-0.3, -0.25) is 9.69 Å². The SMILES string of the molecule is C=CCNC(=NCC(=O)N(C)C)NCC(c1ccc(C)s1)N1CCOCC1. The molecule has 1 aliphatic heterocycles. The van der Waals surface area contributed by atoms with Crippen molar-refractivity contribution in [1.82, 2.24) is 20.4 Å². The van der Waals surface area contributed by atoms with Crippen molar-refractivity contribution in [3.63, 3.8) is 0 Å². The zero-order valence-corrected chi connectivity index (χ0v) is 17.3. The third-order valence-corrected chi connectivity index (χ3v) is 5.43. The highest BCUT2D eigenvalue weighted by Gasteiger charge is 2.24. The lowest BCUT2D eigenvalue weighted by Crippen LogP contribution is -2.46. The molecule has 1 aromatic heterocycles. The number of nitrogens with zero attached hydrogens (tertiary/aromatic N) is 3. The Morgan fingerprint density at radius 3 is 2.74 bits per heavy atom. The standard InChI is InChI=1S/C19H31N5O2S/c1-5-8-20-19(22-14-18(25)23(3)4)21-13-16(17-7-6-15(2)27-17)24-9-11-26-12-10-24/h5-7,16H,1,8-14H2,2-4H3,(H2,20,21,22). The largest absolute Gasteiger partial charge is 0.379 e. The molecule has 1 aliphatic rings. The lowest BCUT2D eigenvalue weighted by Gasteiger charge is -2.34. The van der Waals surface area contributed by atoms with Crippen LogP contribution in [-0.4, -0.2) is 81.7 Å². The molecule has 2 N–H and O–H groups in total.